The maximum absolute atomic E-state index is 12.8. The molecule has 0 spiro atoms. The van der Waals surface area contributed by atoms with Crippen molar-refractivity contribution in [3.63, 3.8) is 0 Å². The highest BCUT2D eigenvalue weighted by atomic mass is 32.1. The van der Waals surface area contributed by atoms with Gasteiger partial charge in [0, 0.05) is 30.2 Å². The lowest BCUT2D eigenvalue weighted by Crippen LogP contribution is -2.45. The summed E-state index contributed by atoms with van der Waals surface area (Å²) in [6.07, 6.45) is 3.51. The first kappa shape index (κ1) is 19.2. The van der Waals surface area contributed by atoms with Crippen molar-refractivity contribution in [2.24, 2.45) is 5.92 Å². The van der Waals surface area contributed by atoms with Gasteiger partial charge in [0.25, 0.3) is 0 Å². The molecule has 0 unspecified atom stereocenters. The van der Waals surface area contributed by atoms with E-state index in [9.17, 15) is 9.59 Å². The molecule has 1 fully saturated rings. The summed E-state index contributed by atoms with van der Waals surface area (Å²) in [7, 11) is 1.71. The molecule has 0 saturated heterocycles. The Balaban J connectivity index is 1.34. The van der Waals surface area contributed by atoms with E-state index in [0.717, 1.165) is 24.2 Å². The predicted octanol–water partition coefficient (Wildman–Crippen LogP) is 3.46. The molecule has 1 aromatic heterocycles. The number of carbonyl (C=O) groups excluding carboxylic acids is 2. The minimum atomic E-state index is -0.169. The fraction of sp³-hybridized carbons (Fsp3) is 0.455. The van der Waals surface area contributed by atoms with Crippen molar-refractivity contribution >= 4 is 28.8 Å². The van der Waals surface area contributed by atoms with E-state index in [1.54, 1.807) is 7.05 Å². The number of rotatable bonds is 6. The molecule has 1 atom stereocenters. The van der Waals surface area contributed by atoms with Crippen LogP contribution in [-0.4, -0.2) is 48.3 Å². The second-order valence-corrected chi connectivity index (χ2v) is 8.97. The first-order chi connectivity index (χ1) is 13.5. The number of likely N-dealkylation sites (N-methyl/N-ethyl adjacent to an activating group) is 1. The first-order valence-corrected chi connectivity index (χ1v) is 10.8. The molecule has 0 radical (unpaired) electrons. The third-order valence-electron chi connectivity index (χ3n) is 5.67. The van der Waals surface area contributed by atoms with Gasteiger partial charge in [0.1, 0.15) is 0 Å². The van der Waals surface area contributed by atoms with Crippen molar-refractivity contribution in [1.29, 1.82) is 0 Å². The van der Waals surface area contributed by atoms with Gasteiger partial charge in [-0.05, 0) is 61.2 Å². The predicted molar refractivity (Wildman–Crippen MR) is 113 cm³/mol. The van der Waals surface area contributed by atoms with Crippen molar-refractivity contribution in [3.05, 3.63) is 51.7 Å². The molecule has 1 aromatic carbocycles. The zero-order valence-corrected chi connectivity index (χ0v) is 17.3. The number of nitrogens with one attached hydrogen (secondary N) is 1. The average Bonchev–Trinajstić information content (AvgIpc) is 3.39. The Bertz CT molecular complexity index is 857. The molecule has 1 N–H and O–H groups in total. The lowest BCUT2D eigenvalue weighted by molar-refractivity contribution is -0.135. The Morgan fingerprint density at radius 2 is 1.96 bits per heavy atom. The van der Waals surface area contributed by atoms with Crippen LogP contribution in [0.25, 0.3) is 0 Å². The van der Waals surface area contributed by atoms with Gasteiger partial charge in [-0.2, -0.15) is 0 Å². The molecule has 2 amide bonds. The lowest BCUT2D eigenvalue weighted by atomic mass is 9.96. The van der Waals surface area contributed by atoms with Crippen LogP contribution in [0.5, 0.6) is 0 Å². The van der Waals surface area contributed by atoms with Crippen LogP contribution >= 0.6 is 11.3 Å². The van der Waals surface area contributed by atoms with Crippen LogP contribution in [0.4, 0.5) is 5.69 Å². The Morgan fingerprint density at radius 1 is 1.21 bits per heavy atom. The Hall–Kier alpha value is -2.18. The van der Waals surface area contributed by atoms with E-state index in [1.807, 2.05) is 42.5 Å². The third kappa shape index (κ3) is 4.28. The molecule has 28 heavy (non-hydrogen) atoms. The van der Waals surface area contributed by atoms with E-state index in [2.05, 4.69) is 21.7 Å². The standard InChI is InChI=1S/C22H27N3O2S/c1-15-3-7-17(8-4-15)23-20(26)13-24(2)21(27)14-25-11-9-19-18(10-12-28-19)22(25)16-5-6-16/h3-4,7-8,10,12,16,22H,5-6,9,11,13-14H2,1-2H3,(H,23,26)/t22-/m0/s1. The van der Waals surface area contributed by atoms with E-state index >= 15 is 0 Å². The molecular weight excluding hydrogens is 370 g/mol. The molecule has 5 nitrogen and oxygen atoms in total. The highest BCUT2D eigenvalue weighted by molar-refractivity contribution is 7.10. The van der Waals surface area contributed by atoms with Gasteiger partial charge in [0.15, 0.2) is 0 Å². The summed E-state index contributed by atoms with van der Waals surface area (Å²) in [5.41, 5.74) is 3.32. The van der Waals surface area contributed by atoms with Crippen molar-refractivity contribution in [2.75, 3.05) is 32.0 Å². The fourth-order valence-corrected chi connectivity index (χ4v) is 4.89. The summed E-state index contributed by atoms with van der Waals surface area (Å²) in [5.74, 6) is 0.511. The number of amides is 2. The van der Waals surface area contributed by atoms with Crippen molar-refractivity contribution < 1.29 is 9.59 Å². The molecule has 148 valence electrons. The summed E-state index contributed by atoms with van der Waals surface area (Å²) in [6, 6.07) is 10.3. The maximum atomic E-state index is 12.8. The van der Waals surface area contributed by atoms with Crippen LogP contribution in [0, 0.1) is 12.8 Å². The monoisotopic (exact) mass is 397 g/mol. The molecule has 2 heterocycles. The second-order valence-electron chi connectivity index (χ2n) is 7.97. The molecule has 2 aromatic rings. The smallest absolute Gasteiger partial charge is 0.243 e. The van der Waals surface area contributed by atoms with Gasteiger partial charge in [-0.25, -0.2) is 0 Å². The van der Waals surface area contributed by atoms with E-state index < -0.39 is 0 Å². The summed E-state index contributed by atoms with van der Waals surface area (Å²) in [4.78, 5) is 30.4. The highest BCUT2D eigenvalue weighted by Crippen LogP contribution is 2.48. The first-order valence-electron chi connectivity index (χ1n) is 9.92. The van der Waals surface area contributed by atoms with Crippen molar-refractivity contribution in [1.82, 2.24) is 9.80 Å². The molecule has 0 bridgehead atoms. The quantitative estimate of drug-likeness (QED) is 0.812. The number of nitrogens with zero attached hydrogens (tertiary/aromatic N) is 2. The van der Waals surface area contributed by atoms with Crippen LogP contribution in [0.15, 0.2) is 35.7 Å². The number of fused-ring (bicyclic) bond motifs is 1. The molecule has 6 heteroatoms. The van der Waals surface area contributed by atoms with E-state index in [-0.39, 0.29) is 18.4 Å². The van der Waals surface area contributed by atoms with Crippen molar-refractivity contribution in [2.45, 2.75) is 32.2 Å². The third-order valence-corrected chi connectivity index (χ3v) is 6.66. The topological polar surface area (TPSA) is 52.7 Å². The molecular formula is C22H27N3O2S. The summed E-state index contributed by atoms with van der Waals surface area (Å²) in [6.45, 7) is 3.37. The molecule has 1 saturated carbocycles. The van der Waals surface area contributed by atoms with E-state index in [1.165, 1.54) is 28.2 Å². The fourth-order valence-electron chi connectivity index (χ4n) is 3.98. The van der Waals surface area contributed by atoms with Gasteiger partial charge in [-0.1, -0.05) is 17.7 Å². The normalized spacial score (nSPS) is 19.1. The highest BCUT2D eigenvalue weighted by Gasteiger charge is 2.40. The minimum Gasteiger partial charge on any atom is -0.335 e. The Labute approximate surface area is 170 Å². The van der Waals surface area contributed by atoms with Gasteiger partial charge in [0.2, 0.25) is 11.8 Å². The molecule has 1 aliphatic carbocycles. The van der Waals surface area contributed by atoms with Crippen LogP contribution < -0.4 is 5.32 Å². The van der Waals surface area contributed by atoms with Crippen molar-refractivity contribution in [3.8, 4) is 0 Å². The number of aryl methyl sites for hydroxylation is 1. The van der Waals surface area contributed by atoms with Crippen LogP contribution in [0.2, 0.25) is 0 Å². The van der Waals surface area contributed by atoms with Crippen LogP contribution in [0.1, 0.15) is 34.9 Å². The number of thiophene rings is 1. The number of anilines is 1. The van der Waals surface area contributed by atoms with Gasteiger partial charge in [-0.15, -0.1) is 11.3 Å². The van der Waals surface area contributed by atoms with Gasteiger partial charge < -0.3 is 10.2 Å². The Morgan fingerprint density at radius 3 is 2.68 bits per heavy atom. The lowest BCUT2D eigenvalue weighted by Gasteiger charge is -2.36. The number of carbonyl (C=O) groups is 2. The molecule has 2 aliphatic rings. The largest absolute Gasteiger partial charge is 0.335 e. The number of hydrogen-bond acceptors (Lipinski definition) is 4. The molecule has 4 rings (SSSR count). The maximum Gasteiger partial charge on any atom is 0.243 e. The average molecular weight is 398 g/mol. The zero-order valence-electron chi connectivity index (χ0n) is 16.5. The van der Waals surface area contributed by atoms with E-state index in [0.29, 0.717) is 18.5 Å². The van der Waals surface area contributed by atoms with Gasteiger partial charge >= 0.3 is 0 Å². The second kappa shape index (κ2) is 8.05. The number of hydrogen-bond donors (Lipinski definition) is 1. The summed E-state index contributed by atoms with van der Waals surface area (Å²) < 4.78 is 0. The SMILES string of the molecule is Cc1ccc(NC(=O)CN(C)C(=O)CN2CCc3sccc3[C@@H]2C2CC2)cc1. The summed E-state index contributed by atoms with van der Waals surface area (Å²) in [5, 5.41) is 5.03. The molecule has 1 aliphatic heterocycles. The minimum absolute atomic E-state index is 0.00313. The van der Waals surface area contributed by atoms with E-state index in [4.69, 9.17) is 0 Å². The summed E-state index contributed by atoms with van der Waals surface area (Å²) >= 11 is 1.84. The number of benzene rings is 1. The Kier molecular flexibility index (Phi) is 5.51. The van der Waals surface area contributed by atoms with Crippen LogP contribution in [-0.2, 0) is 16.0 Å². The zero-order chi connectivity index (χ0) is 19.7. The van der Waals surface area contributed by atoms with Crippen LogP contribution in [0.3, 0.4) is 0 Å². The van der Waals surface area contributed by atoms with Gasteiger partial charge in [-0.3, -0.25) is 14.5 Å². The van der Waals surface area contributed by atoms with Gasteiger partial charge in [0.05, 0.1) is 13.1 Å².